The highest BCUT2D eigenvalue weighted by Gasteiger charge is 2.54. The highest BCUT2D eigenvalue weighted by Crippen LogP contribution is 2.35. The molecule has 0 aromatic heterocycles. The number of sulfonamides is 1. The first-order valence-corrected chi connectivity index (χ1v) is 11.9. The van der Waals surface area contributed by atoms with Crippen molar-refractivity contribution in [3.8, 4) is 0 Å². The van der Waals surface area contributed by atoms with Crippen LogP contribution < -0.4 is 14.9 Å². The maximum absolute atomic E-state index is 12.8. The number of nitrogens with one attached hydrogen (secondary N) is 2. The first kappa shape index (κ1) is 20.6. The van der Waals surface area contributed by atoms with Gasteiger partial charge < -0.3 is 10.6 Å². The second-order valence-corrected chi connectivity index (χ2v) is 10.1. The Morgan fingerprint density at radius 2 is 1.93 bits per heavy atom. The second-order valence-electron chi connectivity index (χ2n) is 8.13. The molecular formula is C20H26N4O5S. The van der Waals surface area contributed by atoms with Crippen LogP contribution in [0.1, 0.15) is 38.2 Å². The van der Waals surface area contributed by atoms with Gasteiger partial charge in [-0.2, -0.15) is 0 Å². The third-order valence-electron chi connectivity index (χ3n) is 6.26. The molecule has 4 rings (SSSR count). The molecule has 9 nitrogen and oxygen atoms in total. The van der Waals surface area contributed by atoms with Crippen molar-refractivity contribution in [2.45, 2.75) is 50.6 Å². The maximum atomic E-state index is 12.8. The number of rotatable bonds is 6. The first-order valence-electron chi connectivity index (χ1n) is 10.3. The van der Waals surface area contributed by atoms with E-state index in [2.05, 4.69) is 10.6 Å². The van der Waals surface area contributed by atoms with Gasteiger partial charge in [0.25, 0.3) is 5.91 Å². The lowest BCUT2D eigenvalue weighted by Crippen LogP contribution is -2.50. The minimum absolute atomic E-state index is 0.0982. The molecule has 30 heavy (non-hydrogen) atoms. The fourth-order valence-corrected chi connectivity index (χ4v) is 6.01. The van der Waals surface area contributed by atoms with Crippen LogP contribution in [0.3, 0.4) is 0 Å². The van der Waals surface area contributed by atoms with Gasteiger partial charge in [0.2, 0.25) is 15.9 Å². The zero-order valence-electron chi connectivity index (χ0n) is 16.9. The Kier molecular flexibility index (Phi) is 5.21. The van der Waals surface area contributed by atoms with Gasteiger partial charge in [0, 0.05) is 13.1 Å². The standard InChI is InChI=1S/C20H26N4O5S/c1-14(24-18(26)20(22-19(24)27)9-4-5-10-20)17(25)21-11-13-30(28,29)23-12-8-15-6-2-3-7-16(15)23/h2-3,6-7,14H,4-5,8-13H2,1H3,(H,21,25)(H,22,27). The summed E-state index contributed by atoms with van der Waals surface area (Å²) >= 11 is 0. The molecule has 2 fully saturated rings. The van der Waals surface area contributed by atoms with Crippen molar-refractivity contribution in [1.82, 2.24) is 15.5 Å². The number of hydrogen-bond donors (Lipinski definition) is 2. The highest BCUT2D eigenvalue weighted by molar-refractivity contribution is 7.92. The van der Waals surface area contributed by atoms with Crippen molar-refractivity contribution in [3.63, 3.8) is 0 Å². The SMILES string of the molecule is CC(C(=O)NCCS(=O)(=O)N1CCc2ccccc21)N1C(=O)NC2(CCCC2)C1=O. The predicted octanol–water partition coefficient (Wildman–Crippen LogP) is 0.748. The normalized spacial score (nSPS) is 21.1. The first-order chi connectivity index (χ1) is 14.3. The number of amides is 4. The number of fused-ring (bicyclic) bond motifs is 1. The van der Waals surface area contributed by atoms with Crippen molar-refractivity contribution < 1.29 is 22.8 Å². The molecule has 1 spiro atoms. The molecule has 1 aromatic carbocycles. The summed E-state index contributed by atoms with van der Waals surface area (Å²) in [6, 6.07) is 5.78. The third-order valence-corrected chi connectivity index (χ3v) is 8.03. The molecule has 1 saturated heterocycles. The summed E-state index contributed by atoms with van der Waals surface area (Å²) < 4.78 is 26.8. The van der Waals surface area contributed by atoms with Crippen LogP contribution in [0.25, 0.3) is 0 Å². The Morgan fingerprint density at radius 3 is 2.67 bits per heavy atom. The maximum Gasteiger partial charge on any atom is 0.325 e. The minimum Gasteiger partial charge on any atom is -0.353 e. The fraction of sp³-hybridized carbons (Fsp3) is 0.550. The van der Waals surface area contributed by atoms with Crippen molar-refractivity contribution in [1.29, 1.82) is 0 Å². The predicted molar refractivity (Wildman–Crippen MR) is 110 cm³/mol. The highest BCUT2D eigenvalue weighted by atomic mass is 32.2. The van der Waals surface area contributed by atoms with Crippen molar-refractivity contribution in [2.75, 3.05) is 23.1 Å². The molecule has 2 N–H and O–H groups in total. The molecule has 3 aliphatic rings. The number of nitrogens with zero attached hydrogens (tertiary/aromatic N) is 2. The quantitative estimate of drug-likeness (QED) is 0.641. The molecule has 4 amide bonds. The smallest absolute Gasteiger partial charge is 0.325 e. The Morgan fingerprint density at radius 1 is 1.23 bits per heavy atom. The van der Waals surface area contributed by atoms with Gasteiger partial charge >= 0.3 is 6.03 Å². The van der Waals surface area contributed by atoms with Gasteiger partial charge in [-0.3, -0.25) is 13.9 Å². The molecule has 1 aromatic rings. The number of benzene rings is 1. The molecule has 1 aliphatic carbocycles. The topological polar surface area (TPSA) is 116 Å². The number of anilines is 1. The zero-order valence-corrected chi connectivity index (χ0v) is 17.7. The molecule has 1 atom stereocenters. The van der Waals surface area contributed by atoms with Crippen LogP contribution in [0.4, 0.5) is 10.5 Å². The van der Waals surface area contributed by atoms with E-state index in [1.165, 1.54) is 11.2 Å². The molecule has 1 unspecified atom stereocenters. The van der Waals surface area contributed by atoms with Crippen molar-refractivity contribution in [3.05, 3.63) is 29.8 Å². The minimum atomic E-state index is -3.59. The van der Waals surface area contributed by atoms with Crippen molar-refractivity contribution >= 4 is 33.6 Å². The van der Waals surface area contributed by atoms with Crippen molar-refractivity contribution in [2.24, 2.45) is 0 Å². The van der Waals surface area contributed by atoms with Gasteiger partial charge in [0.15, 0.2) is 0 Å². The molecule has 10 heteroatoms. The Labute approximate surface area is 175 Å². The molecule has 0 bridgehead atoms. The number of carbonyl (C=O) groups excluding carboxylic acids is 3. The summed E-state index contributed by atoms with van der Waals surface area (Å²) in [7, 11) is -3.59. The summed E-state index contributed by atoms with van der Waals surface area (Å²) in [5, 5.41) is 5.31. The van der Waals surface area contributed by atoms with E-state index in [1.54, 1.807) is 12.1 Å². The number of para-hydroxylation sites is 1. The summed E-state index contributed by atoms with van der Waals surface area (Å²) in [6.45, 7) is 1.77. The van der Waals surface area contributed by atoms with Crippen LogP contribution in [0, 0.1) is 0 Å². The van der Waals surface area contributed by atoms with Gasteiger partial charge in [0.1, 0.15) is 11.6 Å². The Bertz CT molecular complexity index is 987. The lowest BCUT2D eigenvalue weighted by atomic mass is 9.97. The number of hydrogen-bond acceptors (Lipinski definition) is 5. The van der Waals surface area contributed by atoms with Gasteiger partial charge in [-0.05, 0) is 37.8 Å². The molecule has 2 heterocycles. The largest absolute Gasteiger partial charge is 0.353 e. The third kappa shape index (κ3) is 3.42. The van der Waals surface area contributed by atoms with E-state index in [0.717, 1.165) is 23.3 Å². The van der Waals surface area contributed by atoms with E-state index < -0.39 is 33.5 Å². The molecule has 162 valence electrons. The number of carbonyl (C=O) groups is 3. The molecular weight excluding hydrogens is 408 g/mol. The van der Waals surface area contributed by atoms with E-state index in [-0.39, 0.29) is 18.2 Å². The van der Waals surface area contributed by atoms with E-state index in [9.17, 15) is 22.8 Å². The van der Waals surface area contributed by atoms with Crippen LogP contribution >= 0.6 is 0 Å². The molecule has 1 saturated carbocycles. The fourth-order valence-electron chi connectivity index (χ4n) is 4.59. The van der Waals surface area contributed by atoms with E-state index in [1.807, 2.05) is 12.1 Å². The monoisotopic (exact) mass is 434 g/mol. The van der Waals surface area contributed by atoms with Crippen LogP contribution in [0.5, 0.6) is 0 Å². The molecule has 0 radical (unpaired) electrons. The van der Waals surface area contributed by atoms with Gasteiger partial charge in [-0.15, -0.1) is 0 Å². The van der Waals surface area contributed by atoms with Gasteiger partial charge in [-0.1, -0.05) is 31.0 Å². The van der Waals surface area contributed by atoms with Gasteiger partial charge in [0.05, 0.1) is 11.4 Å². The van der Waals surface area contributed by atoms with Crippen LogP contribution in [-0.4, -0.2) is 61.6 Å². The lowest BCUT2D eigenvalue weighted by Gasteiger charge is -2.24. The number of imide groups is 1. The van der Waals surface area contributed by atoms with Crippen LogP contribution in [0.2, 0.25) is 0 Å². The average Bonchev–Trinajstić information content (AvgIpc) is 3.40. The summed E-state index contributed by atoms with van der Waals surface area (Å²) in [5.41, 5.74) is 0.787. The number of urea groups is 1. The van der Waals surface area contributed by atoms with E-state index in [0.29, 0.717) is 31.5 Å². The molecule has 2 aliphatic heterocycles. The zero-order chi connectivity index (χ0) is 21.5. The Hall–Kier alpha value is -2.62. The summed E-state index contributed by atoms with van der Waals surface area (Å²) in [4.78, 5) is 38.6. The Balaban J connectivity index is 1.35. The lowest BCUT2D eigenvalue weighted by molar-refractivity contribution is -0.137. The average molecular weight is 435 g/mol. The van der Waals surface area contributed by atoms with Gasteiger partial charge in [-0.25, -0.2) is 18.1 Å². The van der Waals surface area contributed by atoms with Crippen LogP contribution in [0.15, 0.2) is 24.3 Å². The summed E-state index contributed by atoms with van der Waals surface area (Å²) in [5.74, 6) is -1.18. The van der Waals surface area contributed by atoms with E-state index >= 15 is 0 Å². The second kappa shape index (κ2) is 7.57. The van der Waals surface area contributed by atoms with E-state index in [4.69, 9.17) is 0 Å². The summed E-state index contributed by atoms with van der Waals surface area (Å²) in [6.07, 6.45) is 3.54. The van der Waals surface area contributed by atoms with Crippen LogP contribution in [-0.2, 0) is 26.0 Å².